The zero-order valence-electron chi connectivity index (χ0n) is 13.5. The Balaban J connectivity index is 1.78. The first-order valence-corrected chi connectivity index (χ1v) is 8.68. The third-order valence-corrected chi connectivity index (χ3v) is 5.96. The molecule has 0 amide bonds. The van der Waals surface area contributed by atoms with Gasteiger partial charge in [0.05, 0.1) is 0 Å². The molecule has 21 heavy (non-hydrogen) atoms. The molecule has 3 unspecified atom stereocenters. The van der Waals surface area contributed by atoms with Crippen LogP contribution < -0.4 is 10.5 Å². The van der Waals surface area contributed by atoms with Gasteiger partial charge in [0.25, 0.3) is 0 Å². The number of hydrogen-bond donors (Lipinski definition) is 1. The molecule has 3 atom stereocenters. The lowest BCUT2D eigenvalue weighted by Gasteiger charge is -2.56. The maximum atomic E-state index is 6.49. The van der Waals surface area contributed by atoms with E-state index in [0.717, 1.165) is 18.6 Å². The molecular formula is C19H29NO. The van der Waals surface area contributed by atoms with Crippen LogP contribution in [0.3, 0.4) is 0 Å². The Hall–Kier alpha value is -1.02. The van der Waals surface area contributed by atoms with Crippen molar-refractivity contribution in [3.05, 3.63) is 29.8 Å². The van der Waals surface area contributed by atoms with Crippen molar-refractivity contribution in [2.24, 2.45) is 11.1 Å². The summed E-state index contributed by atoms with van der Waals surface area (Å²) in [5.41, 5.74) is 7.99. The highest BCUT2D eigenvalue weighted by Crippen LogP contribution is 2.52. The van der Waals surface area contributed by atoms with Crippen molar-refractivity contribution < 1.29 is 4.74 Å². The average molecular weight is 287 g/mol. The molecule has 2 aliphatic carbocycles. The van der Waals surface area contributed by atoms with E-state index in [1.165, 1.54) is 37.7 Å². The van der Waals surface area contributed by atoms with Gasteiger partial charge in [-0.15, -0.1) is 0 Å². The number of hydrogen-bond acceptors (Lipinski definition) is 2. The van der Waals surface area contributed by atoms with E-state index in [1.807, 2.05) is 0 Å². The normalized spacial score (nSPS) is 28.9. The Kier molecular flexibility index (Phi) is 4.26. The van der Waals surface area contributed by atoms with Crippen molar-refractivity contribution in [1.82, 2.24) is 0 Å². The molecule has 0 radical (unpaired) electrons. The first-order valence-electron chi connectivity index (χ1n) is 8.68. The largest absolute Gasteiger partial charge is 0.489 e. The van der Waals surface area contributed by atoms with E-state index in [0.29, 0.717) is 18.1 Å². The van der Waals surface area contributed by atoms with Crippen molar-refractivity contribution >= 4 is 0 Å². The van der Waals surface area contributed by atoms with Gasteiger partial charge in [0.2, 0.25) is 0 Å². The monoisotopic (exact) mass is 287 g/mol. The molecule has 116 valence electrons. The molecule has 0 heterocycles. The summed E-state index contributed by atoms with van der Waals surface area (Å²) in [6.45, 7) is 4.52. The summed E-state index contributed by atoms with van der Waals surface area (Å²) in [6, 6.07) is 8.92. The first-order chi connectivity index (χ1) is 10.2. The smallest absolute Gasteiger partial charge is 0.123 e. The molecule has 0 aromatic heterocycles. The predicted octanol–water partition coefficient (Wildman–Crippen LogP) is 4.63. The predicted molar refractivity (Wildman–Crippen MR) is 87.7 cm³/mol. The molecule has 2 fully saturated rings. The number of benzene rings is 1. The minimum Gasteiger partial charge on any atom is -0.489 e. The van der Waals surface area contributed by atoms with Crippen LogP contribution in [-0.2, 0) is 0 Å². The highest BCUT2D eigenvalue weighted by Gasteiger charge is 2.55. The third kappa shape index (κ3) is 2.59. The van der Waals surface area contributed by atoms with Crippen LogP contribution in [0.15, 0.2) is 24.3 Å². The Morgan fingerprint density at radius 1 is 1.24 bits per heavy atom. The molecule has 1 aromatic rings. The van der Waals surface area contributed by atoms with Crippen molar-refractivity contribution in [3.8, 4) is 5.75 Å². The summed E-state index contributed by atoms with van der Waals surface area (Å²) in [5.74, 6) is 1.64. The molecule has 0 saturated heterocycles. The van der Waals surface area contributed by atoms with Gasteiger partial charge in [0, 0.05) is 17.9 Å². The molecule has 3 rings (SSSR count). The topological polar surface area (TPSA) is 35.2 Å². The van der Waals surface area contributed by atoms with Gasteiger partial charge in [-0.1, -0.05) is 51.3 Å². The minimum atomic E-state index is 0.265. The molecular weight excluding hydrogens is 258 g/mol. The van der Waals surface area contributed by atoms with Crippen LogP contribution in [0.1, 0.15) is 70.3 Å². The molecule has 0 bridgehead atoms. The van der Waals surface area contributed by atoms with Gasteiger partial charge >= 0.3 is 0 Å². The van der Waals surface area contributed by atoms with E-state index in [4.69, 9.17) is 10.5 Å². The second kappa shape index (κ2) is 6.00. The van der Waals surface area contributed by atoms with Crippen LogP contribution in [-0.4, -0.2) is 12.1 Å². The standard InChI is InChI=1S/C19H29NO/c1-3-14(2)15-9-5-6-10-16(15)21-18-13-17(20)19(18)11-7-4-8-12-19/h5-6,9-10,14,17-18H,3-4,7-8,11-13,20H2,1-2H3. The fourth-order valence-electron chi connectivity index (χ4n) is 4.21. The lowest BCUT2D eigenvalue weighted by molar-refractivity contribution is -0.0902. The fraction of sp³-hybridized carbons (Fsp3) is 0.684. The average Bonchev–Trinajstić information content (AvgIpc) is 2.55. The second-order valence-corrected chi connectivity index (χ2v) is 7.09. The SMILES string of the molecule is CCC(C)c1ccccc1OC1CC(N)C12CCCCC2. The summed E-state index contributed by atoms with van der Waals surface area (Å²) in [5, 5.41) is 0. The van der Waals surface area contributed by atoms with E-state index >= 15 is 0 Å². The van der Waals surface area contributed by atoms with Gasteiger partial charge in [-0.25, -0.2) is 0 Å². The zero-order chi connectivity index (χ0) is 14.9. The van der Waals surface area contributed by atoms with Crippen LogP contribution in [0.4, 0.5) is 0 Å². The summed E-state index contributed by atoms with van der Waals surface area (Å²) in [4.78, 5) is 0. The summed E-state index contributed by atoms with van der Waals surface area (Å²) < 4.78 is 6.49. The number of para-hydroxylation sites is 1. The van der Waals surface area contributed by atoms with Crippen LogP contribution >= 0.6 is 0 Å². The highest BCUT2D eigenvalue weighted by molar-refractivity contribution is 5.36. The van der Waals surface area contributed by atoms with Crippen LogP contribution in [0.5, 0.6) is 5.75 Å². The van der Waals surface area contributed by atoms with E-state index < -0.39 is 0 Å². The van der Waals surface area contributed by atoms with Crippen molar-refractivity contribution in [3.63, 3.8) is 0 Å². The summed E-state index contributed by atoms with van der Waals surface area (Å²) >= 11 is 0. The van der Waals surface area contributed by atoms with E-state index in [1.54, 1.807) is 0 Å². The van der Waals surface area contributed by atoms with Crippen LogP contribution in [0.2, 0.25) is 0 Å². The van der Waals surface area contributed by atoms with Crippen LogP contribution in [0.25, 0.3) is 0 Å². The highest BCUT2D eigenvalue weighted by atomic mass is 16.5. The minimum absolute atomic E-state index is 0.265. The number of nitrogens with two attached hydrogens (primary N) is 1. The van der Waals surface area contributed by atoms with Crippen molar-refractivity contribution in [1.29, 1.82) is 0 Å². The Labute approximate surface area is 129 Å². The maximum Gasteiger partial charge on any atom is 0.123 e. The van der Waals surface area contributed by atoms with Crippen LogP contribution in [0, 0.1) is 5.41 Å². The van der Waals surface area contributed by atoms with E-state index in [2.05, 4.69) is 38.1 Å². The van der Waals surface area contributed by atoms with E-state index in [-0.39, 0.29) is 5.41 Å². The van der Waals surface area contributed by atoms with Crippen molar-refractivity contribution in [2.45, 2.75) is 76.9 Å². The van der Waals surface area contributed by atoms with Gasteiger partial charge in [-0.2, -0.15) is 0 Å². The van der Waals surface area contributed by atoms with Crippen molar-refractivity contribution in [2.75, 3.05) is 0 Å². The first kappa shape index (κ1) is 14.9. The van der Waals surface area contributed by atoms with Gasteiger partial charge in [0.15, 0.2) is 0 Å². The Bertz CT molecular complexity index is 478. The maximum absolute atomic E-state index is 6.49. The molecule has 1 aromatic carbocycles. The lowest BCUT2D eigenvalue weighted by Crippen LogP contribution is -2.64. The summed E-state index contributed by atoms with van der Waals surface area (Å²) in [7, 11) is 0. The third-order valence-electron chi connectivity index (χ3n) is 5.96. The van der Waals surface area contributed by atoms with Gasteiger partial charge in [0.1, 0.15) is 11.9 Å². The fourth-order valence-corrected chi connectivity index (χ4v) is 4.21. The van der Waals surface area contributed by atoms with Gasteiger partial charge < -0.3 is 10.5 Å². The van der Waals surface area contributed by atoms with Gasteiger partial charge in [-0.3, -0.25) is 0 Å². The zero-order valence-corrected chi connectivity index (χ0v) is 13.5. The quantitative estimate of drug-likeness (QED) is 0.876. The summed E-state index contributed by atoms with van der Waals surface area (Å²) in [6.07, 6.45) is 9.02. The molecule has 0 aliphatic heterocycles. The molecule has 1 spiro atoms. The molecule has 2 heteroatoms. The number of ether oxygens (including phenoxy) is 1. The molecule has 2 N–H and O–H groups in total. The molecule has 2 aliphatic rings. The Morgan fingerprint density at radius 3 is 2.62 bits per heavy atom. The number of rotatable bonds is 4. The Morgan fingerprint density at radius 2 is 1.95 bits per heavy atom. The van der Waals surface area contributed by atoms with Gasteiger partial charge in [-0.05, 0) is 36.8 Å². The van der Waals surface area contributed by atoms with E-state index in [9.17, 15) is 0 Å². The molecule has 2 nitrogen and oxygen atoms in total. The molecule has 2 saturated carbocycles. The lowest BCUT2D eigenvalue weighted by atomic mass is 9.55. The second-order valence-electron chi connectivity index (χ2n) is 7.09.